The fourth-order valence-corrected chi connectivity index (χ4v) is 2.55. The minimum Gasteiger partial charge on any atom is -0.379 e. The summed E-state index contributed by atoms with van der Waals surface area (Å²) in [4.78, 5) is 6.40. The molecule has 0 aromatic heterocycles. The molecule has 2 N–H and O–H groups in total. The van der Waals surface area contributed by atoms with Gasteiger partial charge in [0.05, 0.1) is 19.0 Å². The van der Waals surface area contributed by atoms with Gasteiger partial charge in [0.25, 0.3) is 0 Å². The molecule has 118 valence electrons. The summed E-state index contributed by atoms with van der Waals surface area (Å²) in [6.45, 7) is 7.25. The lowest BCUT2D eigenvalue weighted by Gasteiger charge is -2.26. The van der Waals surface area contributed by atoms with Gasteiger partial charge in [-0.1, -0.05) is 6.92 Å². The van der Waals surface area contributed by atoms with E-state index in [2.05, 4.69) is 20.5 Å². The number of aliphatic imine (C=N–C) groups is 1. The molecule has 0 spiro atoms. The lowest BCUT2D eigenvalue weighted by Crippen LogP contribution is -2.45. The molecule has 1 aliphatic rings. The molecule has 0 bridgehead atoms. The molecule has 0 saturated carbocycles. The van der Waals surface area contributed by atoms with Gasteiger partial charge in [0.2, 0.25) is 0 Å². The highest BCUT2D eigenvalue weighted by Crippen LogP contribution is 1.94. The van der Waals surface area contributed by atoms with E-state index < -0.39 is 9.84 Å². The number of sulfone groups is 1. The predicted octanol–water partition coefficient (Wildman–Crippen LogP) is -1.08. The van der Waals surface area contributed by atoms with Gasteiger partial charge in [-0.2, -0.15) is 0 Å². The van der Waals surface area contributed by atoms with Crippen LogP contribution in [-0.4, -0.2) is 83.8 Å². The number of nitrogens with one attached hydrogen (secondary N) is 2. The van der Waals surface area contributed by atoms with E-state index in [1.54, 1.807) is 14.0 Å². The SMILES string of the molecule is CCS(=O)(=O)CCNC(=NC)NCCN1CCOCC1. The van der Waals surface area contributed by atoms with Crippen molar-refractivity contribution in [2.24, 2.45) is 4.99 Å². The Morgan fingerprint density at radius 2 is 1.90 bits per heavy atom. The Kier molecular flexibility index (Phi) is 7.86. The summed E-state index contributed by atoms with van der Waals surface area (Å²) in [5.74, 6) is 0.954. The molecule has 8 heteroatoms. The van der Waals surface area contributed by atoms with E-state index in [9.17, 15) is 8.42 Å². The summed E-state index contributed by atoms with van der Waals surface area (Å²) in [5.41, 5.74) is 0. The largest absolute Gasteiger partial charge is 0.379 e. The van der Waals surface area contributed by atoms with Crippen LogP contribution in [0.15, 0.2) is 4.99 Å². The van der Waals surface area contributed by atoms with Crippen molar-refractivity contribution in [1.29, 1.82) is 0 Å². The van der Waals surface area contributed by atoms with Crippen LogP contribution in [0.3, 0.4) is 0 Å². The van der Waals surface area contributed by atoms with Crippen molar-refractivity contribution >= 4 is 15.8 Å². The van der Waals surface area contributed by atoms with Gasteiger partial charge < -0.3 is 15.4 Å². The molecule has 1 fully saturated rings. The van der Waals surface area contributed by atoms with Gasteiger partial charge in [-0.15, -0.1) is 0 Å². The van der Waals surface area contributed by atoms with Crippen LogP contribution in [0, 0.1) is 0 Å². The lowest BCUT2D eigenvalue weighted by molar-refractivity contribution is 0.0389. The van der Waals surface area contributed by atoms with Crippen molar-refractivity contribution in [3.05, 3.63) is 0 Å². The van der Waals surface area contributed by atoms with Crippen molar-refractivity contribution in [1.82, 2.24) is 15.5 Å². The van der Waals surface area contributed by atoms with E-state index >= 15 is 0 Å². The minimum absolute atomic E-state index is 0.133. The summed E-state index contributed by atoms with van der Waals surface area (Å²) in [6.07, 6.45) is 0. The van der Waals surface area contributed by atoms with Crippen molar-refractivity contribution in [3.8, 4) is 0 Å². The maximum Gasteiger partial charge on any atom is 0.191 e. The normalized spacial score (nSPS) is 18.0. The molecule has 0 aliphatic carbocycles. The summed E-state index contributed by atoms with van der Waals surface area (Å²) in [6, 6.07) is 0. The van der Waals surface area contributed by atoms with Crippen LogP contribution in [0.25, 0.3) is 0 Å². The third kappa shape index (κ3) is 7.06. The first-order valence-corrected chi connectivity index (χ1v) is 8.84. The average molecular weight is 306 g/mol. The van der Waals surface area contributed by atoms with Crippen LogP contribution in [0.1, 0.15) is 6.92 Å². The Balaban J connectivity index is 2.16. The Morgan fingerprint density at radius 1 is 1.25 bits per heavy atom. The van der Waals surface area contributed by atoms with Crippen LogP contribution in [0.4, 0.5) is 0 Å². The summed E-state index contributed by atoms with van der Waals surface area (Å²) in [5, 5.41) is 6.20. The molecule has 0 aromatic carbocycles. The van der Waals surface area contributed by atoms with Gasteiger partial charge in [0.15, 0.2) is 15.8 Å². The first-order valence-electron chi connectivity index (χ1n) is 7.02. The highest BCUT2D eigenvalue weighted by molar-refractivity contribution is 7.91. The molecule has 1 rings (SSSR count). The zero-order chi connectivity index (χ0) is 14.8. The zero-order valence-electron chi connectivity index (χ0n) is 12.4. The molecule has 0 radical (unpaired) electrons. The van der Waals surface area contributed by atoms with E-state index in [1.165, 1.54) is 0 Å². The average Bonchev–Trinajstić information content (AvgIpc) is 2.46. The molecular weight excluding hydrogens is 280 g/mol. The van der Waals surface area contributed by atoms with E-state index in [0.29, 0.717) is 12.5 Å². The van der Waals surface area contributed by atoms with Crippen LogP contribution in [0.5, 0.6) is 0 Å². The quantitative estimate of drug-likeness (QED) is 0.460. The van der Waals surface area contributed by atoms with Gasteiger partial charge in [0.1, 0.15) is 0 Å². The number of nitrogens with zero attached hydrogens (tertiary/aromatic N) is 2. The van der Waals surface area contributed by atoms with Gasteiger partial charge in [-0.3, -0.25) is 9.89 Å². The molecule has 0 atom stereocenters. The molecule has 1 aliphatic heterocycles. The standard InChI is InChI=1S/C12H26N4O3S/c1-3-20(17,18)11-5-15-12(13-2)14-4-6-16-7-9-19-10-8-16/h3-11H2,1-2H3,(H2,13,14,15). The van der Waals surface area contributed by atoms with Crippen molar-refractivity contribution in [3.63, 3.8) is 0 Å². The third-order valence-electron chi connectivity index (χ3n) is 3.19. The fourth-order valence-electron chi connectivity index (χ4n) is 1.85. The monoisotopic (exact) mass is 306 g/mol. The minimum atomic E-state index is -2.93. The maximum atomic E-state index is 11.4. The number of rotatable bonds is 7. The molecule has 0 unspecified atom stereocenters. The molecule has 1 heterocycles. The van der Waals surface area contributed by atoms with Crippen LogP contribution in [0.2, 0.25) is 0 Å². The number of guanidine groups is 1. The van der Waals surface area contributed by atoms with Crippen LogP contribution >= 0.6 is 0 Å². The van der Waals surface area contributed by atoms with Crippen LogP contribution < -0.4 is 10.6 Å². The smallest absolute Gasteiger partial charge is 0.191 e. The summed E-state index contributed by atoms with van der Waals surface area (Å²) in [7, 11) is -1.25. The van der Waals surface area contributed by atoms with E-state index in [1.807, 2.05) is 0 Å². The number of morpholine rings is 1. The Hall–Kier alpha value is -0.860. The predicted molar refractivity (Wildman–Crippen MR) is 81.0 cm³/mol. The summed E-state index contributed by atoms with van der Waals surface area (Å²) < 4.78 is 28.0. The maximum absolute atomic E-state index is 11.4. The summed E-state index contributed by atoms with van der Waals surface area (Å²) >= 11 is 0. The molecule has 7 nitrogen and oxygen atoms in total. The molecule has 0 amide bonds. The van der Waals surface area contributed by atoms with Gasteiger partial charge in [-0.05, 0) is 0 Å². The molecule has 20 heavy (non-hydrogen) atoms. The van der Waals surface area contributed by atoms with Gasteiger partial charge in [-0.25, -0.2) is 8.42 Å². The van der Waals surface area contributed by atoms with Crippen molar-refractivity contribution in [2.75, 3.05) is 64.5 Å². The number of hydrogen-bond acceptors (Lipinski definition) is 5. The first-order chi connectivity index (χ1) is 9.57. The topological polar surface area (TPSA) is 83.0 Å². The first kappa shape index (κ1) is 17.2. The molecule has 1 saturated heterocycles. The molecular formula is C12H26N4O3S. The second kappa shape index (κ2) is 9.15. The Morgan fingerprint density at radius 3 is 2.50 bits per heavy atom. The Labute approximate surface area is 121 Å². The van der Waals surface area contributed by atoms with Crippen molar-refractivity contribution < 1.29 is 13.2 Å². The highest BCUT2D eigenvalue weighted by atomic mass is 32.2. The lowest BCUT2D eigenvalue weighted by atomic mass is 10.4. The number of ether oxygens (including phenoxy) is 1. The van der Waals surface area contributed by atoms with Crippen LogP contribution in [-0.2, 0) is 14.6 Å². The Bertz CT molecular complexity index is 392. The second-order valence-corrected chi connectivity index (χ2v) is 7.09. The van der Waals surface area contributed by atoms with Crippen molar-refractivity contribution in [2.45, 2.75) is 6.92 Å². The zero-order valence-corrected chi connectivity index (χ0v) is 13.2. The van der Waals surface area contributed by atoms with E-state index in [0.717, 1.165) is 39.4 Å². The highest BCUT2D eigenvalue weighted by Gasteiger charge is 2.10. The van der Waals surface area contributed by atoms with E-state index in [-0.39, 0.29) is 11.5 Å². The fraction of sp³-hybridized carbons (Fsp3) is 0.917. The second-order valence-electron chi connectivity index (χ2n) is 4.62. The third-order valence-corrected chi connectivity index (χ3v) is 4.90. The molecule has 0 aromatic rings. The number of hydrogen-bond donors (Lipinski definition) is 2. The van der Waals surface area contributed by atoms with Gasteiger partial charge >= 0.3 is 0 Å². The van der Waals surface area contributed by atoms with E-state index in [4.69, 9.17) is 4.74 Å². The van der Waals surface area contributed by atoms with Gasteiger partial charge in [0, 0.05) is 45.5 Å².